The van der Waals surface area contributed by atoms with Crippen molar-refractivity contribution < 1.29 is 4.39 Å². The molecule has 0 saturated carbocycles. The zero-order valence-corrected chi connectivity index (χ0v) is 33.8. The molecule has 0 unspecified atom stereocenters. The third kappa shape index (κ3) is 7.35. The number of fused-ring (bicyclic) bond motifs is 3. The molecule has 17 heteroatoms. The maximum absolute atomic E-state index is 14.3. The number of benzene rings is 3. The molecule has 0 amide bonds. The van der Waals surface area contributed by atoms with Crippen LogP contribution in [0.2, 0.25) is 0 Å². The summed E-state index contributed by atoms with van der Waals surface area (Å²) in [6.45, 7) is 7.31. The van der Waals surface area contributed by atoms with E-state index in [1.54, 1.807) is 36.9 Å². The van der Waals surface area contributed by atoms with E-state index in [4.69, 9.17) is 4.98 Å². The second-order valence-electron chi connectivity index (χ2n) is 15.2. The predicted octanol–water partition coefficient (Wildman–Crippen LogP) is 1.86. The summed E-state index contributed by atoms with van der Waals surface area (Å²) in [7, 11) is 6.24. The van der Waals surface area contributed by atoms with Gasteiger partial charge in [-0.25, -0.2) is 14.0 Å². The van der Waals surface area contributed by atoms with Crippen molar-refractivity contribution in [2.75, 3.05) is 62.2 Å². The second-order valence-corrected chi connectivity index (χ2v) is 15.2. The topological polar surface area (TPSA) is 154 Å². The average molecular weight is 805 g/mol. The van der Waals surface area contributed by atoms with E-state index in [-0.39, 0.29) is 23.6 Å². The normalized spacial score (nSPS) is 15.1. The van der Waals surface area contributed by atoms with Crippen LogP contribution in [-0.4, -0.2) is 89.7 Å². The zero-order valence-electron chi connectivity index (χ0n) is 33.8. The Bertz CT molecular complexity index is 2920. The van der Waals surface area contributed by atoms with Gasteiger partial charge in [-0.05, 0) is 48.3 Å². The van der Waals surface area contributed by atoms with Gasteiger partial charge in [-0.15, -0.1) is 0 Å². The standard InChI is InChI=1S/C23H26N6O2.C19H23FN6O2/c1-26-20-19(21(30)27(2)23(26)31)29(22(25-20)28-13-6-11-24-12-14-28)15-17-9-5-8-16-7-3-4-10-18(16)17;1-23-16-15(17(27)24(2)19(23)28)26(12-13-6-3-4-7-14(13)20)18(22-16)25-10-5-8-21-9-11-25/h3-5,7-10,24H,6,11-15H2,1-2H3;3-4,6-7,21H,5,8-12H2,1-2H3. The summed E-state index contributed by atoms with van der Waals surface area (Å²) in [5, 5.41) is 9.06. The van der Waals surface area contributed by atoms with Gasteiger partial charge in [0.25, 0.3) is 11.1 Å². The molecule has 7 aromatic rings. The van der Waals surface area contributed by atoms with Crippen molar-refractivity contribution in [1.29, 1.82) is 0 Å². The van der Waals surface area contributed by atoms with Crippen LogP contribution in [0.5, 0.6) is 0 Å². The van der Waals surface area contributed by atoms with Gasteiger partial charge in [-0.3, -0.25) is 37.0 Å². The summed E-state index contributed by atoms with van der Waals surface area (Å²) in [5.41, 5.74) is 1.55. The van der Waals surface area contributed by atoms with Crippen LogP contribution in [0.4, 0.5) is 16.3 Å². The fourth-order valence-electron chi connectivity index (χ4n) is 8.14. The SMILES string of the molecule is Cn1c(=O)c2c(nc(N3CCCNCC3)n2Cc2cccc3ccccc23)n(C)c1=O.Cn1c(=O)c2c(nc(N3CCCNCC3)n2Cc2ccccc2F)n(C)c1=O. The lowest BCUT2D eigenvalue weighted by molar-refractivity contribution is 0.599. The van der Waals surface area contributed by atoms with Crippen LogP contribution < -0.4 is 42.9 Å². The summed E-state index contributed by atoms with van der Waals surface area (Å²) < 4.78 is 23.1. The van der Waals surface area contributed by atoms with E-state index >= 15 is 0 Å². The van der Waals surface area contributed by atoms with Gasteiger partial charge in [0.2, 0.25) is 11.9 Å². The van der Waals surface area contributed by atoms with Crippen molar-refractivity contribution >= 4 is 45.0 Å². The Kier molecular flexibility index (Phi) is 11.0. The van der Waals surface area contributed by atoms with Crippen LogP contribution in [0, 0.1) is 5.82 Å². The molecular formula is C42H49FN12O4. The van der Waals surface area contributed by atoms with E-state index in [1.165, 1.54) is 29.3 Å². The zero-order chi connectivity index (χ0) is 41.4. The Hall–Kier alpha value is -6.33. The van der Waals surface area contributed by atoms with Crippen LogP contribution >= 0.6 is 0 Å². The fraction of sp³-hybridized carbons (Fsp3) is 0.381. The number of aryl methyl sites for hydroxylation is 2. The Morgan fingerprint density at radius 2 is 1.03 bits per heavy atom. The highest BCUT2D eigenvalue weighted by atomic mass is 19.1. The number of aromatic nitrogens is 8. The Balaban J connectivity index is 0.000000165. The number of anilines is 2. The number of hydrogen-bond acceptors (Lipinski definition) is 10. The number of nitrogens with one attached hydrogen (secondary N) is 2. The van der Waals surface area contributed by atoms with Crippen LogP contribution in [0.1, 0.15) is 24.0 Å². The first-order valence-electron chi connectivity index (χ1n) is 20.0. The summed E-state index contributed by atoms with van der Waals surface area (Å²) in [6.07, 6.45) is 1.92. The Morgan fingerprint density at radius 3 is 1.59 bits per heavy atom. The molecule has 0 atom stereocenters. The summed E-state index contributed by atoms with van der Waals surface area (Å²) in [6, 6.07) is 21.0. The molecule has 3 aromatic carbocycles. The molecule has 308 valence electrons. The minimum Gasteiger partial charge on any atom is -0.341 e. The van der Waals surface area contributed by atoms with E-state index in [1.807, 2.05) is 22.8 Å². The van der Waals surface area contributed by atoms with E-state index in [0.717, 1.165) is 96.6 Å². The van der Waals surface area contributed by atoms with Crippen molar-refractivity contribution in [2.45, 2.75) is 25.9 Å². The quantitative estimate of drug-likeness (QED) is 0.255. The lowest BCUT2D eigenvalue weighted by atomic mass is 10.0. The smallest absolute Gasteiger partial charge is 0.332 e. The molecule has 0 aliphatic carbocycles. The molecule has 2 saturated heterocycles. The van der Waals surface area contributed by atoms with Crippen molar-refractivity contribution in [2.24, 2.45) is 28.2 Å². The second kappa shape index (κ2) is 16.5. The van der Waals surface area contributed by atoms with Crippen LogP contribution in [0.25, 0.3) is 33.1 Å². The van der Waals surface area contributed by atoms with Gasteiger partial charge in [0, 0.05) is 73.0 Å². The molecule has 2 fully saturated rings. The minimum atomic E-state index is -0.433. The summed E-state index contributed by atoms with van der Waals surface area (Å²) in [4.78, 5) is 64.8. The van der Waals surface area contributed by atoms with Gasteiger partial charge < -0.3 is 20.4 Å². The molecule has 6 heterocycles. The maximum Gasteiger partial charge on any atom is 0.332 e. The molecule has 0 radical (unpaired) electrons. The molecular weight excluding hydrogens is 756 g/mol. The average Bonchev–Trinajstić information content (AvgIpc) is 3.51. The lowest BCUT2D eigenvalue weighted by Gasteiger charge is -2.22. The number of hydrogen-bond donors (Lipinski definition) is 2. The van der Waals surface area contributed by atoms with E-state index in [0.29, 0.717) is 40.4 Å². The molecule has 2 N–H and O–H groups in total. The number of nitrogens with zero attached hydrogens (tertiary/aromatic N) is 10. The van der Waals surface area contributed by atoms with E-state index < -0.39 is 11.2 Å². The highest BCUT2D eigenvalue weighted by Crippen LogP contribution is 2.26. The van der Waals surface area contributed by atoms with Gasteiger partial charge >= 0.3 is 11.4 Å². The van der Waals surface area contributed by atoms with Gasteiger partial charge in [-0.2, -0.15) is 9.97 Å². The van der Waals surface area contributed by atoms with Crippen molar-refractivity contribution in [3.63, 3.8) is 0 Å². The molecule has 59 heavy (non-hydrogen) atoms. The molecule has 0 spiro atoms. The highest BCUT2D eigenvalue weighted by Gasteiger charge is 2.26. The first-order valence-corrected chi connectivity index (χ1v) is 20.0. The van der Waals surface area contributed by atoms with E-state index in [9.17, 15) is 23.6 Å². The van der Waals surface area contributed by atoms with Gasteiger partial charge in [0.1, 0.15) is 5.82 Å². The molecule has 2 aliphatic heterocycles. The summed E-state index contributed by atoms with van der Waals surface area (Å²) >= 11 is 0. The Labute approximate surface area is 338 Å². The molecule has 16 nitrogen and oxygen atoms in total. The number of imidazole rings is 2. The lowest BCUT2D eigenvalue weighted by Crippen LogP contribution is -2.37. The fourth-order valence-corrected chi connectivity index (χ4v) is 8.14. The van der Waals surface area contributed by atoms with Crippen molar-refractivity contribution in [3.05, 3.63) is 125 Å². The van der Waals surface area contributed by atoms with Gasteiger partial charge in [-0.1, -0.05) is 60.7 Å². The summed E-state index contributed by atoms with van der Waals surface area (Å²) in [5.74, 6) is 0.986. The van der Waals surface area contributed by atoms with Crippen LogP contribution in [0.15, 0.2) is 85.9 Å². The van der Waals surface area contributed by atoms with Gasteiger partial charge in [0.15, 0.2) is 22.3 Å². The maximum atomic E-state index is 14.3. The monoisotopic (exact) mass is 804 g/mol. The number of halogens is 1. The number of rotatable bonds is 6. The first kappa shape index (κ1) is 39.5. The first-order chi connectivity index (χ1) is 28.5. The van der Waals surface area contributed by atoms with Crippen molar-refractivity contribution in [3.8, 4) is 0 Å². The van der Waals surface area contributed by atoms with Crippen LogP contribution in [0.3, 0.4) is 0 Å². The highest BCUT2D eigenvalue weighted by molar-refractivity contribution is 5.86. The molecule has 2 aliphatic rings. The molecule has 4 aromatic heterocycles. The third-order valence-corrected chi connectivity index (χ3v) is 11.4. The third-order valence-electron chi connectivity index (χ3n) is 11.4. The van der Waals surface area contributed by atoms with Crippen LogP contribution in [-0.2, 0) is 41.3 Å². The molecule has 0 bridgehead atoms. The largest absolute Gasteiger partial charge is 0.341 e. The van der Waals surface area contributed by atoms with Crippen molar-refractivity contribution in [1.82, 2.24) is 48.0 Å². The minimum absolute atomic E-state index is 0.163. The molecule has 9 rings (SSSR count). The predicted molar refractivity (Wildman–Crippen MR) is 228 cm³/mol. The van der Waals surface area contributed by atoms with Gasteiger partial charge in [0.05, 0.1) is 13.1 Å². The Morgan fingerprint density at radius 1 is 0.559 bits per heavy atom. The van der Waals surface area contributed by atoms with E-state index in [2.05, 4.69) is 49.7 Å².